The van der Waals surface area contributed by atoms with E-state index < -0.39 is 16.0 Å². The Kier molecular flexibility index (Phi) is 5.98. The van der Waals surface area contributed by atoms with Crippen LogP contribution in [0.2, 0.25) is 0 Å². The molecule has 0 saturated heterocycles. The van der Waals surface area contributed by atoms with Crippen molar-refractivity contribution in [1.29, 1.82) is 0 Å². The lowest BCUT2D eigenvalue weighted by Gasteiger charge is -2.14. The molecular formula is C13H20N2O3S. The number of hydrogen-bond acceptors (Lipinski definition) is 4. The van der Waals surface area contributed by atoms with Crippen LogP contribution in [0.1, 0.15) is 12.5 Å². The lowest BCUT2D eigenvalue weighted by Crippen LogP contribution is -2.37. The first-order valence-corrected chi connectivity index (χ1v) is 7.22. The summed E-state index contributed by atoms with van der Waals surface area (Å²) in [5.74, 6) is -0.267. The summed E-state index contributed by atoms with van der Waals surface area (Å²) in [6.07, 6.45) is 0. The van der Waals surface area contributed by atoms with Gasteiger partial charge >= 0.3 is 0 Å². The standard InChI is InChI=1S/C13H20N2O3S/c1-9-5-4-6-11(12(9)14)19(17)10(2)13(16)15-7-8-18-3/h4-6,10H,7-8,14H2,1-3H3,(H,15,16). The highest BCUT2D eigenvalue weighted by Gasteiger charge is 2.22. The topological polar surface area (TPSA) is 81.4 Å². The zero-order valence-corrected chi connectivity index (χ0v) is 12.3. The van der Waals surface area contributed by atoms with E-state index in [4.69, 9.17) is 10.5 Å². The minimum atomic E-state index is -1.46. The summed E-state index contributed by atoms with van der Waals surface area (Å²) in [5.41, 5.74) is 7.24. The van der Waals surface area contributed by atoms with E-state index in [1.165, 1.54) is 0 Å². The van der Waals surface area contributed by atoms with Gasteiger partial charge in [0, 0.05) is 13.7 Å². The molecule has 5 nitrogen and oxygen atoms in total. The predicted octanol–water partition coefficient (Wildman–Crippen LogP) is 0.836. The monoisotopic (exact) mass is 284 g/mol. The van der Waals surface area contributed by atoms with E-state index in [-0.39, 0.29) is 5.91 Å². The minimum Gasteiger partial charge on any atom is -0.398 e. The first kappa shape index (κ1) is 15.7. The van der Waals surface area contributed by atoms with Crippen molar-refractivity contribution in [2.75, 3.05) is 26.0 Å². The number of anilines is 1. The average molecular weight is 284 g/mol. The molecule has 2 atom stereocenters. The molecule has 2 unspecified atom stereocenters. The predicted molar refractivity (Wildman–Crippen MR) is 76.3 cm³/mol. The second kappa shape index (κ2) is 7.25. The molecule has 0 bridgehead atoms. The third-order valence-electron chi connectivity index (χ3n) is 2.80. The molecule has 1 aromatic rings. The van der Waals surface area contributed by atoms with Gasteiger partial charge in [-0.05, 0) is 25.5 Å². The maximum atomic E-state index is 12.3. The van der Waals surface area contributed by atoms with Crippen LogP contribution in [-0.4, -0.2) is 35.6 Å². The van der Waals surface area contributed by atoms with E-state index in [0.29, 0.717) is 23.7 Å². The molecular weight excluding hydrogens is 264 g/mol. The molecule has 0 aliphatic rings. The van der Waals surface area contributed by atoms with Crippen LogP contribution in [0.15, 0.2) is 23.1 Å². The van der Waals surface area contributed by atoms with Gasteiger partial charge in [-0.25, -0.2) is 0 Å². The molecule has 0 aliphatic carbocycles. The Balaban J connectivity index is 2.76. The second-order valence-electron chi connectivity index (χ2n) is 4.21. The molecule has 1 aromatic carbocycles. The molecule has 1 amide bonds. The number of rotatable bonds is 6. The van der Waals surface area contributed by atoms with E-state index >= 15 is 0 Å². The van der Waals surface area contributed by atoms with Gasteiger partial charge < -0.3 is 15.8 Å². The average Bonchev–Trinajstić information content (AvgIpc) is 2.40. The fourth-order valence-corrected chi connectivity index (χ4v) is 2.79. The van der Waals surface area contributed by atoms with Crippen LogP contribution in [0.25, 0.3) is 0 Å². The van der Waals surface area contributed by atoms with Gasteiger partial charge in [0.25, 0.3) is 0 Å². The van der Waals surface area contributed by atoms with Crippen LogP contribution in [0.4, 0.5) is 5.69 Å². The SMILES string of the molecule is COCCNC(=O)C(C)S(=O)c1cccc(C)c1N. The van der Waals surface area contributed by atoms with Crippen LogP contribution in [0.3, 0.4) is 0 Å². The Bertz CT molecular complexity index is 477. The van der Waals surface area contributed by atoms with Gasteiger partial charge in [0.05, 0.1) is 28.0 Å². The fraction of sp³-hybridized carbons (Fsp3) is 0.462. The molecule has 6 heteroatoms. The first-order chi connectivity index (χ1) is 8.99. The number of carbonyl (C=O) groups is 1. The molecule has 106 valence electrons. The number of aryl methyl sites for hydroxylation is 1. The van der Waals surface area contributed by atoms with E-state index in [0.717, 1.165) is 5.56 Å². The number of nitrogen functional groups attached to an aromatic ring is 1. The highest BCUT2D eigenvalue weighted by atomic mass is 32.2. The number of carbonyl (C=O) groups excluding carboxylic acids is 1. The molecule has 0 aliphatic heterocycles. The molecule has 3 N–H and O–H groups in total. The largest absolute Gasteiger partial charge is 0.398 e. The lowest BCUT2D eigenvalue weighted by atomic mass is 10.2. The number of hydrogen-bond donors (Lipinski definition) is 2. The number of amides is 1. The van der Waals surface area contributed by atoms with E-state index in [1.807, 2.05) is 13.0 Å². The summed E-state index contributed by atoms with van der Waals surface area (Å²) in [6, 6.07) is 5.32. The van der Waals surface area contributed by atoms with Crippen molar-refractivity contribution in [3.63, 3.8) is 0 Å². The number of nitrogens with one attached hydrogen (secondary N) is 1. The summed E-state index contributed by atoms with van der Waals surface area (Å²) < 4.78 is 17.2. The highest BCUT2D eigenvalue weighted by molar-refractivity contribution is 7.86. The Morgan fingerprint density at radius 2 is 2.21 bits per heavy atom. The van der Waals surface area contributed by atoms with Crippen molar-refractivity contribution in [2.45, 2.75) is 24.0 Å². The summed E-state index contributed by atoms with van der Waals surface area (Å²) >= 11 is 0. The van der Waals surface area contributed by atoms with Gasteiger partial charge in [-0.15, -0.1) is 0 Å². The van der Waals surface area contributed by atoms with Gasteiger partial charge in [0.2, 0.25) is 5.91 Å². The molecule has 0 heterocycles. The normalized spacial score (nSPS) is 13.8. The molecule has 0 fully saturated rings. The van der Waals surface area contributed by atoms with Crippen molar-refractivity contribution < 1.29 is 13.7 Å². The van der Waals surface area contributed by atoms with Crippen molar-refractivity contribution >= 4 is 22.4 Å². The maximum absolute atomic E-state index is 12.3. The van der Waals surface area contributed by atoms with Gasteiger partial charge in [-0.3, -0.25) is 9.00 Å². The van der Waals surface area contributed by atoms with E-state index in [1.54, 1.807) is 26.2 Å². The Morgan fingerprint density at radius 3 is 2.84 bits per heavy atom. The summed E-state index contributed by atoms with van der Waals surface area (Å²) in [4.78, 5) is 12.3. The molecule has 19 heavy (non-hydrogen) atoms. The second-order valence-corrected chi connectivity index (χ2v) is 5.95. The van der Waals surface area contributed by atoms with Crippen LogP contribution in [0.5, 0.6) is 0 Å². The van der Waals surface area contributed by atoms with E-state index in [2.05, 4.69) is 5.32 Å². The van der Waals surface area contributed by atoms with Crippen LogP contribution >= 0.6 is 0 Å². The smallest absolute Gasteiger partial charge is 0.235 e. The number of nitrogens with two attached hydrogens (primary N) is 1. The highest BCUT2D eigenvalue weighted by Crippen LogP contribution is 2.22. The summed E-state index contributed by atoms with van der Waals surface area (Å²) in [7, 11) is 0.0934. The van der Waals surface area contributed by atoms with Gasteiger partial charge in [0.15, 0.2) is 0 Å². The van der Waals surface area contributed by atoms with E-state index in [9.17, 15) is 9.00 Å². The number of benzene rings is 1. The van der Waals surface area contributed by atoms with Gasteiger partial charge in [-0.2, -0.15) is 0 Å². The Morgan fingerprint density at radius 1 is 1.53 bits per heavy atom. The van der Waals surface area contributed by atoms with Crippen LogP contribution < -0.4 is 11.1 Å². The van der Waals surface area contributed by atoms with Gasteiger partial charge in [0.1, 0.15) is 5.25 Å². The number of methoxy groups -OCH3 is 1. The van der Waals surface area contributed by atoms with Crippen molar-refractivity contribution in [1.82, 2.24) is 5.32 Å². The zero-order chi connectivity index (χ0) is 14.4. The molecule has 0 aromatic heterocycles. The number of ether oxygens (including phenoxy) is 1. The first-order valence-electron chi connectivity index (χ1n) is 6.01. The number of para-hydroxylation sites is 1. The van der Waals surface area contributed by atoms with Gasteiger partial charge in [-0.1, -0.05) is 12.1 Å². The molecule has 0 radical (unpaired) electrons. The Hall–Kier alpha value is -1.40. The zero-order valence-electron chi connectivity index (χ0n) is 11.4. The molecule has 0 saturated carbocycles. The summed E-state index contributed by atoms with van der Waals surface area (Å²) in [6.45, 7) is 4.30. The molecule has 1 rings (SSSR count). The van der Waals surface area contributed by atoms with Crippen LogP contribution in [0, 0.1) is 6.92 Å². The third kappa shape index (κ3) is 4.04. The van der Waals surface area contributed by atoms with Crippen molar-refractivity contribution in [3.8, 4) is 0 Å². The third-order valence-corrected chi connectivity index (χ3v) is 4.44. The summed E-state index contributed by atoms with van der Waals surface area (Å²) in [5, 5.41) is 2.02. The lowest BCUT2D eigenvalue weighted by molar-refractivity contribution is -0.120. The Labute approximate surface area is 116 Å². The fourth-order valence-electron chi connectivity index (χ4n) is 1.54. The molecule has 0 spiro atoms. The van der Waals surface area contributed by atoms with Crippen molar-refractivity contribution in [2.24, 2.45) is 0 Å². The minimum absolute atomic E-state index is 0.267. The van der Waals surface area contributed by atoms with Crippen molar-refractivity contribution in [3.05, 3.63) is 23.8 Å². The van der Waals surface area contributed by atoms with Crippen LogP contribution in [-0.2, 0) is 20.3 Å². The maximum Gasteiger partial charge on any atom is 0.235 e. The quantitative estimate of drug-likeness (QED) is 0.599.